The molecule has 2 aromatic heterocycles. The van der Waals surface area contributed by atoms with E-state index < -0.39 is 0 Å². The van der Waals surface area contributed by atoms with Crippen molar-refractivity contribution in [2.24, 2.45) is 0 Å². The quantitative estimate of drug-likeness (QED) is 0.775. The first-order valence-electron chi connectivity index (χ1n) is 8.38. The second kappa shape index (κ2) is 7.36. The number of likely N-dealkylation sites (tertiary alicyclic amines) is 1. The van der Waals surface area contributed by atoms with Crippen LogP contribution in [0.5, 0.6) is 0 Å². The number of hydrogen-bond donors (Lipinski definition) is 0. The van der Waals surface area contributed by atoms with Crippen molar-refractivity contribution in [3.63, 3.8) is 0 Å². The molecule has 4 heteroatoms. The summed E-state index contributed by atoms with van der Waals surface area (Å²) in [6, 6.07) is 7.72. The van der Waals surface area contributed by atoms with Gasteiger partial charge in [-0.05, 0) is 43.2 Å². The molecule has 1 atom stereocenters. The van der Waals surface area contributed by atoms with Crippen molar-refractivity contribution >= 4 is 12.0 Å². The van der Waals surface area contributed by atoms with Gasteiger partial charge in [0.2, 0.25) is 5.91 Å². The maximum absolute atomic E-state index is 12.7. The van der Waals surface area contributed by atoms with Gasteiger partial charge in [0.1, 0.15) is 17.3 Å². The lowest BCUT2D eigenvalue weighted by Gasteiger charge is -2.27. The Kier molecular flexibility index (Phi) is 5.01. The number of furan rings is 2. The molecule has 122 valence electrons. The fourth-order valence-electron chi connectivity index (χ4n) is 3.07. The summed E-state index contributed by atoms with van der Waals surface area (Å²) >= 11 is 0. The van der Waals surface area contributed by atoms with Crippen LogP contribution >= 0.6 is 0 Å². The molecule has 1 fully saturated rings. The smallest absolute Gasteiger partial charge is 0.247 e. The van der Waals surface area contributed by atoms with Crippen molar-refractivity contribution in [1.82, 2.24) is 4.90 Å². The van der Waals surface area contributed by atoms with Crippen LogP contribution in [0, 0.1) is 0 Å². The largest absolute Gasteiger partial charge is 0.465 e. The molecule has 0 bridgehead atoms. The molecular formula is C19H23NO3. The summed E-state index contributed by atoms with van der Waals surface area (Å²) in [5.74, 6) is 2.59. The highest BCUT2D eigenvalue weighted by molar-refractivity contribution is 5.91. The minimum atomic E-state index is 0.0164. The lowest BCUT2D eigenvalue weighted by atomic mass is 10.1. The van der Waals surface area contributed by atoms with E-state index in [0.717, 1.165) is 50.2 Å². The highest BCUT2D eigenvalue weighted by Gasteiger charge is 2.27. The van der Waals surface area contributed by atoms with E-state index in [9.17, 15) is 4.79 Å². The van der Waals surface area contributed by atoms with E-state index in [2.05, 4.69) is 6.92 Å². The van der Waals surface area contributed by atoms with Gasteiger partial charge in [0.05, 0.1) is 12.3 Å². The van der Waals surface area contributed by atoms with Crippen molar-refractivity contribution in [2.45, 2.75) is 45.1 Å². The Bertz CT molecular complexity index is 654. The first-order chi connectivity index (χ1) is 11.3. The van der Waals surface area contributed by atoms with Crippen LogP contribution in [0.3, 0.4) is 0 Å². The monoisotopic (exact) mass is 313 g/mol. The predicted molar refractivity (Wildman–Crippen MR) is 88.8 cm³/mol. The summed E-state index contributed by atoms with van der Waals surface area (Å²) in [5, 5.41) is 0. The van der Waals surface area contributed by atoms with Crippen LogP contribution in [0.15, 0.2) is 45.4 Å². The number of carbonyl (C=O) groups excluding carboxylic acids is 1. The first-order valence-corrected chi connectivity index (χ1v) is 8.38. The molecule has 1 unspecified atom stereocenters. The minimum Gasteiger partial charge on any atom is -0.465 e. The Morgan fingerprint density at radius 1 is 1.30 bits per heavy atom. The Balaban J connectivity index is 1.79. The van der Waals surface area contributed by atoms with Gasteiger partial charge in [-0.3, -0.25) is 4.79 Å². The van der Waals surface area contributed by atoms with E-state index in [-0.39, 0.29) is 11.9 Å². The van der Waals surface area contributed by atoms with Gasteiger partial charge in [0.15, 0.2) is 0 Å². The van der Waals surface area contributed by atoms with E-state index in [4.69, 9.17) is 8.83 Å². The topological polar surface area (TPSA) is 46.6 Å². The summed E-state index contributed by atoms with van der Waals surface area (Å²) in [4.78, 5) is 14.6. The second-order valence-corrected chi connectivity index (χ2v) is 5.90. The van der Waals surface area contributed by atoms with Crippen LogP contribution in [0.4, 0.5) is 0 Å². The van der Waals surface area contributed by atoms with Crippen molar-refractivity contribution in [3.8, 4) is 0 Å². The van der Waals surface area contributed by atoms with Crippen molar-refractivity contribution < 1.29 is 13.6 Å². The van der Waals surface area contributed by atoms with Gasteiger partial charge >= 0.3 is 0 Å². The molecule has 1 saturated heterocycles. The molecule has 0 radical (unpaired) electrons. The standard InChI is InChI=1S/C19H23NO3/c1-2-15-9-11-18(23-15)17-8-4-3-5-13-20(17)19(21)12-10-16-7-6-14-22-16/h6-7,9-12,14,17H,2-5,8,13H2,1H3/b12-10+. The molecule has 1 aliphatic heterocycles. The maximum atomic E-state index is 12.7. The number of carbonyl (C=O) groups is 1. The van der Waals surface area contributed by atoms with Crippen LogP contribution in [0.2, 0.25) is 0 Å². The van der Waals surface area contributed by atoms with Crippen molar-refractivity contribution in [1.29, 1.82) is 0 Å². The van der Waals surface area contributed by atoms with Crippen LogP contribution in [-0.2, 0) is 11.2 Å². The van der Waals surface area contributed by atoms with Crippen LogP contribution in [-0.4, -0.2) is 17.4 Å². The average Bonchev–Trinajstić information content (AvgIpc) is 3.20. The zero-order valence-corrected chi connectivity index (χ0v) is 13.5. The Morgan fingerprint density at radius 3 is 2.96 bits per heavy atom. The van der Waals surface area contributed by atoms with E-state index in [1.54, 1.807) is 18.4 Å². The van der Waals surface area contributed by atoms with Crippen LogP contribution in [0.25, 0.3) is 6.08 Å². The van der Waals surface area contributed by atoms with Crippen LogP contribution < -0.4 is 0 Å². The normalized spacial score (nSPS) is 19.2. The summed E-state index contributed by atoms with van der Waals surface area (Å²) in [7, 11) is 0. The van der Waals surface area contributed by atoms with Gasteiger partial charge < -0.3 is 13.7 Å². The third-order valence-electron chi connectivity index (χ3n) is 4.33. The molecule has 3 rings (SSSR count). The van der Waals surface area contributed by atoms with Crippen LogP contribution in [0.1, 0.15) is 55.9 Å². The fraction of sp³-hybridized carbons (Fsp3) is 0.421. The molecule has 4 nitrogen and oxygen atoms in total. The number of hydrogen-bond acceptors (Lipinski definition) is 3. The fourth-order valence-corrected chi connectivity index (χ4v) is 3.07. The molecule has 23 heavy (non-hydrogen) atoms. The average molecular weight is 313 g/mol. The molecule has 2 aromatic rings. The molecule has 1 aliphatic rings. The zero-order valence-electron chi connectivity index (χ0n) is 13.5. The highest BCUT2D eigenvalue weighted by atomic mass is 16.3. The van der Waals surface area contributed by atoms with Gasteiger partial charge in [-0.2, -0.15) is 0 Å². The second-order valence-electron chi connectivity index (χ2n) is 5.90. The minimum absolute atomic E-state index is 0.0164. The van der Waals surface area contributed by atoms with Gasteiger partial charge in [0.25, 0.3) is 0 Å². The first kappa shape index (κ1) is 15.7. The lowest BCUT2D eigenvalue weighted by molar-refractivity contribution is -0.128. The van der Waals surface area contributed by atoms with Gasteiger partial charge in [0, 0.05) is 19.0 Å². The number of rotatable bonds is 4. The molecule has 0 spiro atoms. The number of nitrogens with zero attached hydrogens (tertiary/aromatic N) is 1. The summed E-state index contributed by atoms with van der Waals surface area (Å²) in [5.41, 5.74) is 0. The maximum Gasteiger partial charge on any atom is 0.247 e. The van der Waals surface area contributed by atoms with E-state index in [1.807, 2.05) is 29.2 Å². The van der Waals surface area contributed by atoms with E-state index in [0.29, 0.717) is 5.76 Å². The Hall–Kier alpha value is -2.23. The Morgan fingerprint density at radius 2 is 2.22 bits per heavy atom. The predicted octanol–water partition coefficient (Wildman–Crippen LogP) is 4.59. The third kappa shape index (κ3) is 3.76. The molecule has 3 heterocycles. The van der Waals surface area contributed by atoms with E-state index >= 15 is 0 Å². The summed E-state index contributed by atoms with van der Waals surface area (Å²) in [6.45, 7) is 2.85. The number of aryl methyl sites for hydroxylation is 1. The van der Waals surface area contributed by atoms with Gasteiger partial charge in [-0.25, -0.2) is 0 Å². The summed E-state index contributed by atoms with van der Waals surface area (Å²) < 4.78 is 11.2. The van der Waals surface area contributed by atoms with Gasteiger partial charge in [-0.15, -0.1) is 0 Å². The highest BCUT2D eigenvalue weighted by Crippen LogP contribution is 2.31. The number of amides is 1. The molecule has 0 N–H and O–H groups in total. The van der Waals surface area contributed by atoms with Crippen molar-refractivity contribution in [2.75, 3.05) is 6.54 Å². The van der Waals surface area contributed by atoms with Crippen molar-refractivity contribution in [3.05, 3.63) is 53.9 Å². The zero-order chi connectivity index (χ0) is 16.1. The molecule has 1 amide bonds. The molecular weight excluding hydrogens is 290 g/mol. The molecule has 0 aromatic carbocycles. The van der Waals surface area contributed by atoms with Gasteiger partial charge in [-0.1, -0.05) is 19.8 Å². The molecule has 0 saturated carbocycles. The summed E-state index contributed by atoms with van der Waals surface area (Å²) in [6.07, 6.45) is 10.1. The van der Waals surface area contributed by atoms with E-state index in [1.165, 1.54) is 0 Å². The Labute approximate surface area is 136 Å². The SMILES string of the molecule is CCc1ccc(C2CCCCCN2C(=O)/C=C/c2ccco2)o1. The lowest BCUT2D eigenvalue weighted by Crippen LogP contribution is -2.33. The molecule has 0 aliphatic carbocycles. The third-order valence-corrected chi connectivity index (χ3v) is 4.33.